The van der Waals surface area contributed by atoms with E-state index in [9.17, 15) is 13.0 Å². The lowest BCUT2D eigenvalue weighted by Crippen LogP contribution is -2.21. The first-order chi connectivity index (χ1) is 12.1. The van der Waals surface area contributed by atoms with Gasteiger partial charge in [0.1, 0.15) is 4.90 Å². The van der Waals surface area contributed by atoms with Crippen molar-refractivity contribution in [1.82, 2.24) is 4.90 Å². The molecule has 0 amide bonds. The third kappa shape index (κ3) is 4.61. The van der Waals surface area contributed by atoms with E-state index < -0.39 is 10.1 Å². The van der Waals surface area contributed by atoms with Gasteiger partial charge in [0.2, 0.25) is 0 Å². The van der Waals surface area contributed by atoms with Crippen LogP contribution in [-0.4, -0.2) is 38.5 Å². The number of rotatable bonds is 6. The summed E-state index contributed by atoms with van der Waals surface area (Å²) in [6, 6.07) is 13.1. The molecule has 5 heteroatoms. The molecule has 2 rings (SSSR count). The van der Waals surface area contributed by atoms with E-state index in [-0.39, 0.29) is 10.8 Å². The second-order valence-corrected chi connectivity index (χ2v) is 8.30. The molecule has 0 radical (unpaired) electrons. The van der Waals surface area contributed by atoms with E-state index in [0.29, 0.717) is 5.56 Å². The van der Waals surface area contributed by atoms with Crippen LogP contribution < -0.4 is 0 Å². The molecule has 0 spiro atoms. The maximum atomic E-state index is 12.0. The molecule has 1 N–H and O–H groups in total. The Bertz CT molecular complexity index is 915. The topological polar surface area (TPSA) is 57.6 Å². The molecule has 0 fully saturated rings. The molecule has 0 bridgehead atoms. The number of hydrogen-bond donors (Lipinski definition) is 1. The van der Waals surface area contributed by atoms with Gasteiger partial charge in [-0.1, -0.05) is 43.3 Å². The maximum Gasteiger partial charge on any atom is 0.295 e. The Kier molecular flexibility index (Phi) is 6.39. The summed E-state index contributed by atoms with van der Waals surface area (Å²) >= 11 is 0. The van der Waals surface area contributed by atoms with Crippen LogP contribution in [0.2, 0.25) is 0 Å². The molecule has 0 saturated carbocycles. The van der Waals surface area contributed by atoms with Crippen LogP contribution in [0.25, 0.3) is 16.7 Å². The van der Waals surface area contributed by atoms with Gasteiger partial charge in [0.15, 0.2) is 0 Å². The molecule has 0 aliphatic heterocycles. The minimum Gasteiger partial charge on any atom is -0.309 e. The van der Waals surface area contributed by atoms with E-state index >= 15 is 0 Å². The SMILES string of the molecule is C/C=C(/c1cc(-c2ccccc2C)ccc1S(=O)(=O)O)C(C)CN(C)C. The van der Waals surface area contributed by atoms with Crippen LogP contribution in [0.4, 0.5) is 0 Å². The quantitative estimate of drug-likeness (QED) is 0.757. The third-order valence-electron chi connectivity index (χ3n) is 4.51. The monoisotopic (exact) mass is 373 g/mol. The van der Waals surface area contributed by atoms with Crippen LogP contribution in [0, 0.1) is 12.8 Å². The molecule has 140 valence electrons. The fourth-order valence-electron chi connectivity index (χ4n) is 3.40. The van der Waals surface area contributed by atoms with Crippen molar-refractivity contribution in [3.63, 3.8) is 0 Å². The van der Waals surface area contributed by atoms with Crippen LogP contribution in [0.15, 0.2) is 53.4 Å². The Morgan fingerprint density at radius 2 is 1.85 bits per heavy atom. The van der Waals surface area contributed by atoms with E-state index in [1.807, 2.05) is 64.4 Å². The summed E-state index contributed by atoms with van der Waals surface area (Å²) in [5.74, 6) is 0.114. The Hall–Kier alpha value is -1.95. The summed E-state index contributed by atoms with van der Waals surface area (Å²) in [6.45, 7) is 6.76. The predicted molar refractivity (Wildman–Crippen MR) is 108 cm³/mol. The van der Waals surface area contributed by atoms with Gasteiger partial charge in [-0.2, -0.15) is 8.42 Å². The summed E-state index contributed by atoms with van der Waals surface area (Å²) in [7, 11) is -0.347. The number of allylic oxidation sites excluding steroid dienone is 1. The van der Waals surface area contributed by atoms with E-state index in [1.165, 1.54) is 6.07 Å². The van der Waals surface area contributed by atoms with Gasteiger partial charge in [0.25, 0.3) is 10.1 Å². The van der Waals surface area contributed by atoms with Crippen molar-refractivity contribution in [2.75, 3.05) is 20.6 Å². The minimum absolute atomic E-state index is 0.0476. The molecule has 0 saturated heterocycles. The Balaban J connectivity index is 2.68. The zero-order chi connectivity index (χ0) is 19.5. The summed E-state index contributed by atoms with van der Waals surface area (Å²) in [6.07, 6.45) is 1.93. The molecular formula is C21H27NO3S. The van der Waals surface area contributed by atoms with Gasteiger partial charge in [-0.3, -0.25) is 4.55 Å². The first-order valence-corrected chi connectivity index (χ1v) is 10.1. The highest BCUT2D eigenvalue weighted by Gasteiger charge is 2.22. The van der Waals surface area contributed by atoms with Crippen molar-refractivity contribution in [3.8, 4) is 11.1 Å². The standard InChI is InChI=1S/C21H27NO3S/c1-6-18(16(3)14-22(4)5)20-13-17(11-12-21(20)26(23,24)25)19-10-8-7-9-15(19)2/h6-13,16H,14H2,1-5H3,(H,23,24,25)/b18-6+. The Labute approximate surface area is 156 Å². The summed E-state index contributed by atoms with van der Waals surface area (Å²) in [5, 5.41) is 0. The van der Waals surface area contributed by atoms with Crippen LogP contribution in [-0.2, 0) is 10.1 Å². The first-order valence-electron chi connectivity index (χ1n) is 8.64. The summed E-state index contributed by atoms with van der Waals surface area (Å²) in [5.41, 5.74) is 4.56. The molecule has 4 nitrogen and oxygen atoms in total. The second-order valence-electron chi connectivity index (χ2n) is 6.91. The van der Waals surface area contributed by atoms with Gasteiger partial charge in [-0.15, -0.1) is 0 Å². The molecule has 2 aromatic rings. The van der Waals surface area contributed by atoms with E-state index in [2.05, 4.69) is 11.8 Å². The van der Waals surface area contributed by atoms with Gasteiger partial charge < -0.3 is 4.90 Å². The Morgan fingerprint density at radius 1 is 1.19 bits per heavy atom. The minimum atomic E-state index is -4.31. The molecule has 0 heterocycles. The third-order valence-corrected chi connectivity index (χ3v) is 5.42. The maximum absolute atomic E-state index is 12.0. The van der Waals surface area contributed by atoms with Gasteiger partial charge >= 0.3 is 0 Å². The van der Waals surface area contributed by atoms with Gasteiger partial charge in [0, 0.05) is 6.54 Å². The van der Waals surface area contributed by atoms with Crippen molar-refractivity contribution in [3.05, 3.63) is 59.7 Å². The van der Waals surface area contributed by atoms with E-state index in [1.54, 1.807) is 6.07 Å². The second kappa shape index (κ2) is 8.16. The zero-order valence-electron chi connectivity index (χ0n) is 16.0. The lowest BCUT2D eigenvalue weighted by molar-refractivity contribution is 0.375. The molecular weight excluding hydrogens is 346 g/mol. The lowest BCUT2D eigenvalue weighted by atomic mass is 9.90. The summed E-state index contributed by atoms with van der Waals surface area (Å²) < 4.78 is 33.6. The lowest BCUT2D eigenvalue weighted by Gasteiger charge is -2.22. The number of benzene rings is 2. The largest absolute Gasteiger partial charge is 0.309 e. The molecule has 2 aromatic carbocycles. The van der Waals surface area contributed by atoms with Crippen molar-refractivity contribution in [2.45, 2.75) is 25.7 Å². The first kappa shape index (κ1) is 20.4. The molecule has 1 atom stereocenters. The van der Waals surface area contributed by atoms with Crippen LogP contribution in [0.5, 0.6) is 0 Å². The average molecular weight is 374 g/mol. The van der Waals surface area contributed by atoms with E-state index in [4.69, 9.17) is 0 Å². The van der Waals surface area contributed by atoms with Crippen molar-refractivity contribution in [1.29, 1.82) is 0 Å². The number of hydrogen-bond acceptors (Lipinski definition) is 3. The molecule has 0 aliphatic rings. The van der Waals surface area contributed by atoms with Gasteiger partial charge in [0.05, 0.1) is 0 Å². The van der Waals surface area contributed by atoms with E-state index in [0.717, 1.165) is 28.8 Å². The Morgan fingerprint density at radius 3 is 2.38 bits per heavy atom. The molecule has 1 unspecified atom stereocenters. The van der Waals surface area contributed by atoms with Crippen LogP contribution >= 0.6 is 0 Å². The average Bonchev–Trinajstić information content (AvgIpc) is 2.54. The number of nitrogens with zero attached hydrogens (tertiary/aromatic N) is 1. The molecule has 26 heavy (non-hydrogen) atoms. The highest BCUT2D eigenvalue weighted by molar-refractivity contribution is 7.86. The number of aryl methyl sites for hydroxylation is 1. The van der Waals surface area contributed by atoms with Crippen LogP contribution in [0.3, 0.4) is 0 Å². The zero-order valence-corrected chi connectivity index (χ0v) is 16.8. The predicted octanol–water partition coefficient (Wildman–Crippen LogP) is 4.51. The fourth-order valence-corrected chi connectivity index (χ4v) is 4.09. The van der Waals surface area contributed by atoms with Crippen molar-refractivity contribution < 1.29 is 13.0 Å². The molecule has 0 aliphatic carbocycles. The highest BCUT2D eigenvalue weighted by atomic mass is 32.2. The van der Waals surface area contributed by atoms with Gasteiger partial charge in [-0.25, -0.2) is 0 Å². The fraction of sp³-hybridized carbons (Fsp3) is 0.333. The van der Waals surface area contributed by atoms with Crippen LogP contribution in [0.1, 0.15) is 25.0 Å². The highest BCUT2D eigenvalue weighted by Crippen LogP contribution is 2.34. The van der Waals surface area contributed by atoms with Crippen molar-refractivity contribution in [2.24, 2.45) is 5.92 Å². The summed E-state index contributed by atoms with van der Waals surface area (Å²) in [4.78, 5) is 2.01. The molecule has 0 aromatic heterocycles. The normalized spacial score (nSPS) is 13.9. The van der Waals surface area contributed by atoms with Gasteiger partial charge in [-0.05, 0) is 73.8 Å². The smallest absolute Gasteiger partial charge is 0.295 e. The van der Waals surface area contributed by atoms with Crippen molar-refractivity contribution >= 4 is 15.7 Å².